The Morgan fingerprint density at radius 3 is 0.884 bits per heavy atom. The number of rotatable bonds is 51. The molecule has 0 fully saturated rings. The van der Waals surface area contributed by atoms with Gasteiger partial charge in [-0.1, -0.05) is 246 Å². The first-order chi connectivity index (χ1) is 34.0. The Labute approximate surface area is 426 Å². The molecule has 0 aliphatic rings. The zero-order chi connectivity index (χ0) is 50.0. The third kappa shape index (κ3) is 55.1. The highest BCUT2D eigenvalue weighted by Gasteiger charge is 2.19. The zero-order valence-corrected chi connectivity index (χ0v) is 45.0. The van der Waals surface area contributed by atoms with E-state index in [-0.39, 0.29) is 31.1 Å². The van der Waals surface area contributed by atoms with Crippen molar-refractivity contribution in [2.45, 2.75) is 271 Å². The molecule has 0 aromatic rings. The van der Waals surface area contributed by atoms with Crippen LogP contribution >= 0.6 is 0 Å². The van der Waals surface area contributed by atoms with E-state index in [9.17, 15) is 14.4 Å². The number of carbonyl (C=O) groups excluding carboxylic acids is 3. The third-order valence-electron chi connectivity index (χ3n) is 12.1. The summed E-state index contributed by atoms with van der Waals surface area (Å²) < 4.78 is 16.8. The van der Waals surface area contributed by atoms with Crippen LogP contribution in [0, 0.1) is 0 Å². The van der Waals surface area contributed by atoms with Gasteiger partial charge in [0.25, 0.3) is 0 Å². The molecule has 0 rings (SSSR count). The second-order valence-electron chi connectivity index (χ2n) is 18.8. The minimum absolute atomic E-state index is 0.0887. The molecular formula is C63H106O6. The largest absolute Gasteiger partial charge is 0.462 e. The van der Waals surface area contributed by atoms with Crippen LogP contribution in [0.3, 0.4) is 0 Å². The monoisotopic (exact) mass is 959 g/mol. The molecule has 0 saturated heterocycles. The molecule has 6 nitrogen and oxygen atoms in total. The molecule has 0 aromatic carbocycles. The van der Waals surface area contributed by atoms with E-state index in [4.69, 9.17) is 14.2 Å². The van der Waals surface area contributed by atoms with Gasteiger partial charge in [-0.15, -0.1) is 0 Å². The Balaban J connectivity index is 4.41. The Morgan fingerprint density at radius 1 is 0.304 bits per heavy atom. The van der Waals surface area contributed by atoms with Crippen molar-refractivity contribution in [3.63, 3.8) is 0 Å². The van der Waals surface area contributed by atoms with Gasteiger partial charge in [0, 0.05) is 19.3 Å². The average molecular weight is 960 g/mol. The smallest absolute Gasteiger partial charge is 0.306 e. The van der Waals surface area contributed by atoms with E-state index in [1.54, 1.807) is 0 Å². The summed E-state index contributed by atoms with van der Waals surface area (Å²) in [4.78, 5) is 38.2. The second-order valence-corrected chi connectivity index (χ2v) is 18.8. The van der Waals surface area contributed by atoms with Gasteiger partial charge in [-0.05, 0) is 96.3 Å². The lowest BCUT2D eigenvalue weighted by Gasteiger charge is -2.18. The fourth-order valence-electron chi connectivity index (χ4n) is 7.84. The molecule has 6 heteroatoms. The van der Waals surface area contributed by atoms with E-state index in [0.717, 1.165) is 128 Å². The van der Waals surface area contributed by atoms with Crippen LogP contribution in [-0.2, 0) is 28.6 Å². The third-order valence-corrected chi connectivity index (χ3v) is 12.1. The predicted octanol–water partition coefficient (Wildman–Crippen LogP) is 19.3. The van der Waals surface area contributed by atoms with E-state index < -0.39 is 6.10 Å². The summed E-state index contributed by atoms with van der Waals surface area (Å²) in [5.74, 6) is -0.916. The lowest BCUT2D eigenvalue weighted by molar-refractivity contribution is -0.167. The molecule has 0 saturated carbocycles. The van der Waals surface area contributed by atoms with Crippen molar-refractivity contribution in [3.05, 3.63) is 97.2 Å². The summed E-state index contributed by atoms with van der Waals surface area (Å²) >= 11 is 0. The summed E-state index contributed by atoms with van der Waals surface area (Å²) in [7, 11) is 0. The lowest BCUT2D eigenvalue weighted by atomic mass is 10.0. The zero-order valence-electron chi connectivity index (χ0n) is 45.0. The summed E-state index contributed by atoms with van der Waals surface area (Å²) in [6.07, 6.45) is 75.3. The maximum atomic E-state index is 12.8. The van der Waals surface area contributed by atoms with Crippen LogP contribution in [0.15, 0.2) is 97.2 Å². The lowest BCUT2D eigenvalue weighted by Crippen LogP contribution is -2.30. The Hall–Kier alpha value is -3.67. The summed E-state index contributed by atoms with van der Waals surface area (Å²) in [6.45, 7) is 6.40. The van der Waals surface area contributed by atoms with Crippen molar-refractivity contribution in [3.8, 4) is 0 Å². The summed E-state index contributed by atoms with van der Waals surface area (Å²) in [6, 6.07) is 0. The van der Waals surface area contributed by atoms with E-state index in [2.05, 4.69) is 118 Å². The van der Waals surface area contributed by atoms with E-state index in [1.165, 1.54) is 96.3 Å². The molecule has 0 bridgehead atoms. The number of esters is 3. The maximum absolute atomic E-state index is 12.8. The van der Waals surface area contributed by atoms with Crippen molar-refractivity contribution in [1.82, 2.24) is 0 Å². The molecule has 0 aliphatic heterocycles. The molecular weight excluding hydrogens is 853 g/mol. The van der Waals surface area contributed by atoms with Gasteiger partial charge >= 0.3 is 17.9 Å². The van der Waals surface area contributed by atoms with Gasteiger partial charge in [0.05, 0.1) is 0 Å². The first-order valence-electron chi connectivity index (χ1n) is 28.7. The molecule has 0 amide bonds. The summed E-state index contributed by atoms with van der Waals surface area (Å²) in [5.41, 5.74) is 0. The maximum Gasteiger partial charge on any atom is 0.306 e. The number of hydrogen-bond acceptors (Lipinski definition) is 6. The molecule has 69 heavy (non-hydrogen) atoms. The Morgan fingerprint density at radius 2 is 0.565 bits per heavy atom. The van der Waals surface area contributed by atoms with Gasteiger partial charge < -0.3 is 14.2 Å². The number of carbonyl (C=O) groups is 3. The molecule has 1 atom stereocenters. The van der Waals surface area contributed by atoms with Gasteiger partial charge in [-0.2, -0.15) is 0 Å². The van der Waals surface area contributed by atoms with Crippen LogP contribution in [-0.4, -0.2) is 37.2 Å². The van der Waals surface area contributed by atoms with Crippen LogP contribution in [0.5, 0.6) is 0 Å². The highest BCUT2D eigenvalue weighted by Crippen LogP contribution is 2.15. The average Bonchev–Trinajstić information content (AvgIpc) is 3.35. The Bertz CT molecular complexity index is 1380. The SMILES string of the molecule is CC/C=C\C/C=C\C/C=C\C/C=C\CCCCCCCCCCC(=O)OCC(COC(=O)CCCCCCCCCCCCCCC)OC(=O)CCCCCC/C=C\C/C=C\C/C=C\C/C=C\CC. The van der Waals surface area contributed by atoms with E-state index in [0.29, 0.717) is 19.3 Å². The van der Waals surface area contributed by atoms with Gasteiger partial charge in [-0.25, -0.2) is 0 Å². The minimum Gasteiger partial charge on any atom is -0.462 e. The molecule has 0 heterocycles. The molecule has 1 unspecified atom stereocenters. The molecule has 0 aliphatic carbocycles. The van der Waals surface area contributed by atoms with Crippen LogP contribution < -0.4 is 0 Å². The van der Waals surface area contributed by atoms with Gasteiger partial charge in [0.1, 0.15) is 13.2 Å². The molecule has 0 aromatic heterocycles. The molecule has 394 valence electrons. The fraction of sp³-hybridized carbons (Fsp3) is 0.698. The van der Waals surface area contributed by atoms with Crippen LogP contribution in [0.25, 0.3) is 0 Å². The van der Waals surface area contributed by atoms with Gasteiger partial charge in [0.15, 0.2) is 6.10 Å². The van der Waals surface area contributed by atoms with E-state index in [1.807, 2.05) is 0 Å². The van der Waals surface area contributed by atoms with Crippen molar-refractivity contribution in [2.24, 2.45) is 0 Å². The van der Waals surface area contributed by atoms with E-state index >= 15 is 0 Å². The van der Waals surface area contributed by atoms with Crippen LogP contribution in [0.1, 0.15) is 265 Å². The number of hydrogen-bond donors (Lipinski definition) is 0. The number of unbranched alkanes of at least 4 members (excludes halogenated alkanes) is 24. The van der Waals surface area contributed by atoms with Gasteiger partial charge in [0.2, 0.25) is 0 Å². The topological polar surface area (TPSA) is 78.9 Å². The minimum atomic E-state index is -0.793. The van der Waals surface area contributed by atoms with Crippen LogP contribution in [0.2, 0.25) is 0 Å². The number of ether oxygens (including phenoxy) is 3. The normalized spacial score (nSPS) is 12.8. The van der Waals surface area contributed by atoms with Crippen molar-refractivity contribution < 1.29 is 28.6 Å². The molecule has 0 N–H and O–H groups in total. The van der Waals surface area contributed by atoms with Crippen molar-refractivity contribution in [1.29, 1.82) is 0 Å². The van der Waals surface area contributed by atoms with Crippen molar-refractivity contribution >= 4 is 17.9 Å². The Kier molecular flexibility index (Phi) is 53.9. The fourth-order valence-corrected chi connectivity index (χ4v) is 7.84. The standard InChI is InChI=1S/C63H106O6/c1-4-7-10-13-16-19-22-25-27-29-30-31-32-34-35-38-41-44-47-50-53-56-62(65)68-59-60(58-67-61(64)55-52-49-46-43-40-37-24-21-18-15-12-9-6-3)69-63(66)57-54-51-48-45-42-39-36-33-28-26-23-20-17-14-11-8-5-2/h7-8,10-11,16-17,19-20,25-28,30-31,36,39,60H,4-6,9,12-15,18,21-24,29,32-35,37-38,40-59H2,1-3H3/b10-7-,11-8-,19-16-,20-17-,27-25-,28-26-,31-30-,39-36-. The highest BCUT2D eigenvalue weighted by molar-refractivity contribution is 5.71. The predicted molar refractivity (Wildman–Crippen MR) is 297 cm³/mol. The number of allylic oxidation sites excluding steroid dienone is 16. The highest BCUT2D eigenvalue weighted by atomic mass is 16.6. The first-order valence-corrected chi connectivity index (χ1v) is 28.7. The quantitative estimate of drug-likeness (QED) is 0.0262. The molecule has 0 radical (unpaired) electrons. The van der Waals surface area contributed by atoms with Crippen molar-refractivity contribution in [2.75, 3.05) is 13.2 Å². The second kappa shape index (κ2) is 56.9. The summed E-state index contributed by atoms with van der Waals surface area (Å²) in [5, 5.41) is 0. The molecule has 0 spiro atoms. The first kappa shape index (κ1) is 65.3. The van der Waals surface area contributed by atoms with Crippen LogP contribution in [0.4, 0.5) is 0 Å². The van der Waals surface area contributed by atoms with Gasteiger partial charge in [-0.3, -0.25) is 14.4 Å².